The van der Waals surface area contributed by atoms with Gasteiger partial charge in [-0.25, -0.2) is 13.6 Å². The third kappa shape index (κ3) is 3.24. The molecule has 5 N–H and O–H groups in total. The number of aliphatic hydroxyl groups is 2. The van der Waals surface area contributed by atoms with Gasteiger partial charge in [-0.1, -0.05) is 0 Å². The van der Waals surface area contributed by atoms with Crippen LogP contribution >= 0.6 is 15.9 Å². The molecule has 1 saturated heterocycles. The number of hydrogen-bond acceptors (Lipinski definition) is 6. The number of β-amino-alcohol motifs (C(OH)–C–C–N with tert-alkyl or cyclic N) is 1. The number of carboxylic acid groups (broad SMARTS) is 1. The molecular formula is C21H18BrF2N3O5. The normalized spacial score (nSPS) is 14.1. The van der Waals surface area contributed by atoms with E-state index in [0.29, 0.717) is 0 Å². The number of fused-ring (bicyclic) bond motifs is 1. The summed E-state index contributed by atoms with van der Waals surface area (Å²) in [5.41, 5.74) is 4.26. The molecule has 4 rings (SSSR count). The van der Waals surface area contributed by atoms with Crippen LogP contribution in [-0.4, -0.2) is 45.0 Å². The molecule has 1 aliphatic rings. The first-order valence-electron chi connectivity index (χ1n) is 9.49. The van der Waals surface area contributed by atoms with Gasteiger partial charge in [0.1, 0.15) is 11.4 Å². The van der Waals surface area contributed by atoms with Crippen LogP contribution in [0, 0.1) is 18.6 Å². The first-order valence-corrected chi connectivity index (χ1v) is 10.3. The second-order valence-electron chi connectivity index (χ2n) is 7.59. The van der Waals surface area contributed by atoms with Crippen LogP contribution in [0.4, 0.5) is 20.2 Å². The number of anilines is 2. The molecule has 2 heterocycles. The Hall–Kier alpha value is -3.02. The van der Waals surface area contributed by atoms with E-state index in [1.165, 1.54) is 17.6 Å². The molecule has 1 aromatic heterocycles. The molecule has 3 aromatic rings. The fourth-order valence-electron chi connectivity index (χ4n) is 3.90. The van der Waals surface area contributed by atoms with E-state index in [2.05, 4.69) is 15.9 Å². The molecule has 0 bridgehead atoms. The van der Waals surface area contributed by atoms with Gasteiger partial charge in [0, 0.05) is 30.4 Å². The maximum Gasteiger partial charge on any atom is 0.341 e. The molecule has 11 heteroatoms. The summed E-state index contributed by atoms with van der Waals surface area (Å²) in [4.78, 5) is 26.4. The molecule has 1 aliphatic heterocycles. The lowest BCUT2D eigenvalue weighted by Crippen LogP contribution is -2.51. The lowest BCUT2D eigenvalue weighted by molar-refractivity contribution is 0.0695. The zero-order valence-electron chi connectivity index (χ0n) is 16.7. The Labute approximate surface area is 188 Å². The Morgan fingerprint density at radius 1 is 1.31 bits per heavy atom. The minimum Gasteiger partial charge on any atom is -0.477 e. The van der Waals surface area contributed by atoms with Crippen LogP contribution < -0.4 is 16.1 Å². The number of nitrogen functional groups attached to an aromatic ring is 1. The smallest absolute Gasteiger partial charge is 0.341 e. The van der Waals surface area contributed by atoms with Crippen molar-refractivity contribution in [1.82, 2.24) is 4.57 Å². The minimum atomic E-state index is -1.53. The molecule has 0 aliphatic carbocycles. The van der Waals surface area contributed by atoms with Crippen molar-refractivity contribution in [2.45, 2.75) is 19.6 Å². The van der Waals surface area contributed by atoms with Gasteiger partial charge < -0.3 is 30.5 Å². The van der Waals surface area contributed by atoms with Crippen LogP contribution in [0.1, 0.15) is 21.5 Å². The van der Waals surface area contributed by atoms with Gasteiger partial charge in [0.15, 0.2) is 5.82 Å². The molecule has 8 nitrogen and oxygen atoms in total. The van der Waals surface area contributed by atoms with E-state index in [4.69, 9.17) is 5.73 Å². The fourth-order valence-corrected chi connectivity index (χ4v) is 4.72. The number of carbonyl (C=O) groups is 1. The lowest BCUT2D eigenvalue weighted by atomic mass is 10.0. The van der Waals surface area contributed by atoms with Gasteiger partial charge in [0.25, 0.3) is 0 Å². The Bertz CT molecular complexity index is 1350. The second-order valence-corrected chi connectivity index (χ2v) is 8.38. The predicted octanol–water partition coefficient (Wildman–Crippen LogP) is 2.29. The van der Waals surface area contributed by atoms with Crippen molar-refractivity contribution in [3.63, 3.8) is 0 Å². The summed E-state index contributed by atoms with van der Waals surface area (Å²) < 4.78 is 30.8. The number of rotatable bonds is 4. The Morgan fingerprint density at radius 2 is 1.97 bits per heavy atom. The van der Waals surface area contributed by atoms with Gasteiger partial charge in [-0.2, -0.15) is 0 Å². The van der Waals surface area contributed by atoms with E-state index in [-0.39, 0.29) is 56.7 Å². The molecule has 0 unspecified atom stereocenters. The van der Waals surface area contributed by atoms with E-state index < -0.39 is 41.3 Å². The van der Waals surface area contributed by atoms with E-state index in [1.54, 1.807) is 4.90 Å². The zero-order chi connectivity index (χ0) is 23.5. The van der Waals surface area contributed by atoms with Crippen molar-refractivity contribution < 1.29 is 28.9 Å². The molecule has 0 amide bonds. The molecule has 0 atom stereocenters. The van der Waals surface area contributed by atoms with Gasteiger partial charge in [-0.15, -0.1) is 0 Å². The Morgan fingerprint density at radius 3 is 2.53 bits per heavy atom. The van der Waals surface area contributed by atoms with Crippen LogP contribution in [0.2, 0.25) is 0 Å². The van der Waals surface area contributed by atoms with Crippen molar-refractivity contribution in [3.05, 3.63) is 61.4 Å². The number of pyridine rings is 1. The number of nitrogens with zero attached hydrogens (tertiary/aromatic N) is 2. The third-order valence-corrected chi connectivity index (χ3v) is 6.32. The summed E-state index contributed by atoms with van der Waals surface area (Å²) in [7, 11) is 0. The molecule has 168 valence electrons. The third-order valence-electron chi connectivity index (χ3n) is 5.57. The second kappa shape index (κ2) is 7.84. The molecular weight excluding hydrogens is 492 g/mol. The Balaban J connectivity index is 2.21. The predicted molar refractivity (Wildman–Crippen MR) is 117 cm³/mol. The largest absolute Gasteiger partial charge is 0.477 e. The van der Waals surface area contributed by atoms with Crippen LogP contribution in [0.15, 0.2) is 27.6 Å². The van der Waals surface area contributed by atoms with Gasteiger partial charge in [0.05, 0.1) is 45.1 Å². The number of aromatic carboxylic acids is 1. The highest BCUT2D eigenvalue weighted by atomic mass is 79.9. The van der Waals surface area contributed by atoms with Crippen LogP contribution in [-0.2, 0) is 6.61 Å². The van der Waals surface area contributed by atoms with Gasteiger partial charge in [-0.3, -0.25) is 4.79 Å². The summed E-state index contributed by atoms with van der Waals surface area (Å²) in [5, 5.41) is 28.8. The maximum absolute atomic E-state index is 15.3. The van der Waals surface area contributed by atoms with Crippen molar-refractivity contribution in [1.29, 1.82) is 0 Å². The lowest BCUT2D eigenvalue weighted by Gasteiger charge is -2.39. The van der Waals surface area contributed by atoms with Gasteiger partial charge in [-0.05, 0) is 35.0 Å². The zero-order valence-corrected chi connectivity index (χ0v) is 18.3. The molecule has 0 saturated carbocycles. The summed E-state index contributed by atoms with van der Waals surface area (Å²) in [6.45, 7) is 1.09. The number of hydrogen-bond donors (Lipinski definition) is 4. The molecule has 1 fully saturated rings. The van der Waals surface area contributed by atoms with Crippen molar-refractivity contribution in [3.8, 4) is 5.69 Å². The SMILES string of the molecule is Cc1c(F)c(N2CC(O)C2)c(Br)c2c1c(=O)c(C(=O)O)cn2-c1cc(N)c(F)cc1CO. The number of halogens is 3. The standard InChI is InChI=1S/C21H18BrF2N3O5/c1-8-15-18(16(22)19(17(8)24)26-4-10(29)5-26)27(6-11(20(15)30)21(31)32)14-3-13(25)12(23)2-9(14)7-28/h2-3,6,10,28-29H,4-5,7,25H2,1H3,(H,31,32). The van der Waals surface area contributed by atoms with Crippen LogP contribution in [0.25, 0.3) is 16.6 Å². The quantitative estimate of drug-likeness (QED) is 0.397. The van der Waals surface area contributed by atoms with E-state index >= 15 is 4.39 Å². The topological polar surface area (TPSA) is 129 Å². The van der Waals surface area contributed by atoms with Gasteiger partial charge in [0.2, 0.25) is 5.43 Å². The molecule has 2 aromatic carbocycles. The van der Waals surface area contributed by atoms with Gasteiger partial charge >= 0.3 is 5.97 Å². The first kappa shape index (κ1) is 22.2. The number of carboxylic acids is 1. The van der Waals surface area contributed by atoms with Crippen molar-refractivity contribution in [2.24, 2.45) is 0 Å². The highest BCUT2D eigenvalue weighted by molar-refractivity contribution is 9.10. The average Bonchev–Trinajstić information content (AvgIpc) is 2.72. The number of benzene rings is 2. The summed E-state index contributed by atoms with van der Waals surface area (Å²) >= 11 is 3.35. The minimum absolute atomic E-state index is 0.0767. The number of aromatic nitrogens is 1. The first-order chi connectivity index (χ1) is 15.1. The van der Waals surface area contributed by atoms with E-state index in [1.807, 2.05) is 0 Å². The number of aliphatic hydroxyl groups excluding tert-OH is 2. The molecule has 32 heavy (non-hydrogen) atoms. The molecule has 0 spiro atoms. The summed E-state index contributed by atoms with van der Waals surface area (Å²) in [5.74, 6) is -3.04. The van der Waals surface area contributed by atoms with Crippen molar-refractivity contribution in [2.75, 3.05) is 23.7 Å². The van der Waals surface area contributed by atoms with Crippen LogP contribution in [0.3, 0.4) is 0 Å². The summed E-state index contributed by atoms with van der Waals surface area (Å²) in [6.07, 6.45) is 0.405. The number of aryl methyl sites for hydroxylation is 1. The highest BCUT2D eigenvalue weighted by Crippen LogP contribution is 2.41. The molecule has 0 radical (unpaired) electrons. The van der Waals surface area contributed by atoms with E-state index in [9.17, 15) is 29.3 Å². The number of nitrogens with two attached hydrogens (primary N) is 1. The fraction of sp³-hybridized carbons (Fsp3) is 0.238. The summed E-state index contributed by atoms with van der Waals surface area (Å²) in [6, 6.07) is 2.21. The van der Waals surface area contributed by atoms with Crippen LogP contribution in [0.5, 0.6) is 0 Å². The highest BCUT2D eigenvalue weighted by Gasteiger charge is 2.32. The average molecular weight is 510 g/mol. The Kier molecular flexibility index (Phi) is 5.43. The van der Waals surface area contributed by atoms with Crippen molar-refractivity contribution >= 4 is 44.2 Å². The monoisotopic (exact) mass is 509 g/mol. The maximum atomic E-state index is 15.3. The van der Waals surface area contributed by atoms with E-state index in [0.717, 1.165) is 12.3 Å².